The molecule has 1 nitrogen and oxygen atoms in total. The number of hydrogen-bond acceptors (Lipinski definition) is 1. The molecule has 0 amide bonds. The van der Waals surface area contributed by atoms with Crippen LogP contribution in [0.1, 0.15) is 11.1 Å². The lowest BCUT2D eigenvalue weighted by atomic mass is 10.2. The van der Waals surface area contributed by atoms with Gasteiger partial charge in [0.25, 0.3) is 0 Å². The molecule has 88 valence electrons. The maximum atomic E-state index is 5.82. The fourth-order valence-corrected chi connectivity index (χ4v) is 2.32. The highest BCUT2D eigenvalue weighted by molar-refractivity contribution is 14.1. The van der Waals surface area contributed by atoms with Gasteiger partial charge >= 0.3 is 0 Å². The van der Waals surface area contributed by atoms with Crippen molar-refractivity contribution in [3.8, 4) is 5.75 Å². The minimum absolute atomic E-state index is 0.612. The van der Waals surface area contributed by atoms with E-state index >= 15 is 0 Å². The van der Waals surface area contributed by atoms with Crippen molar-refractivity contribution in [1.82, 2.24) is 0 Å². The van der Waals surface area contributed by atoms with Gasteiger partial charge in [0.1, 0.15) is 12.4 Å². The van der Waals surface area contributed by atoms with Crippen LogP contribution >= 0.6 is 38.5 Å². The van der Waals surface area contributed by atoms with Crippen LogP contribution in [0.25, 0.3) is 0 Å². The number of alkyl halides is 1. The van der Waals surface area contributed by atoms with Gasteiger partial charge in [0.15, 0.2) is 0 Å². The molecular weight excluding hydrogens is 391 g/mol. The minimum Gasteiger partial charge on any atom is -0.489 e. The summed E-state index contributed by atoms with van der Waals surface area (Å²) in [5.41, 5.74) is 2.37. The van der Waals surface area contributed by atoms with Gasteiger partial charge in [-0.3, -0.25) is 0 Å². The fraction of sp³-hybridized carbons (Fsp3) is 0.143. The Kier molecular flexibility index (Phi) is 4.86. The number of ether oxygens (including phenoxy) is 1. The van der Waals surface area contributed by atoms with Crippen LogP contribution in [0.4, 0.5) is 0 Å². The van der Waals surface area contributed by atoms with Crippen molar-refractivity contribution in [2.24, 2.45) is 0 Å². The van der Waals surface area contributed by atoms with Crippen LogP contribution in [0.3, 0.4) is 0 Å². The van der Waals surface area contributed by atoms with Crippen molar-refractivity contribution in [2.75, 3.05) is 0 Å². The van der Waals surface area contributed by atoms with Crippen LogP contribution in [0, 0.1) is 3.57 Å². The van der Waals surface area contributed by atoms with E-state index in [-0.39, 0.29) is 0 Å². The third-order valence-electron chi connectivity index (χ3n) is 2.42. The van der Waals surface area contributed by atoms with Crippen molar-refractivity contribution < 1.29 is 4.74 Å². The third kappa shape index (κ3) is 3.71. The molecular formula is C14H12BrIO. The molecule has 0 unspecified atom stereocenters. The van der Waals surface area contributed by atoms with Crippen LogP contribution < -0.4 is 4.74 Å². The van der Waals surface area contributed by atoms with Crippen LogP contribution in [-0.2, 0) is 11.9 Å². The van der Waals surface area contributed by atoms with Gasteiger partial charge < -0.3 is 4.74 Å². The zero-order valence-corrected chi connectivity index (χ0v) is 12.9. The quantitative estimate of drug-likeness (QED) is 0.529. The van der Waals surface area contributed by atoms with Gasteiger partial charge in [-0.05, 0) is 46.4 Å². The third-order valence-corrected chi connectivity index (χ3v) is 3.75. The van der Waals surface area contributed by atoms with E-state index in [2.05, 4.69) is 68.9 Å². The predicted molar refractivity (Wildman–Crippen MR) is 82.6 cm³/mol. The summed E-state index contributed by atoms with van der Waals surface area (Å²) in [6.45, 7) is 0.612. The average molecular weight is 403 g/mol. The molecule has 2 aromatic rings. The second-order valence-corrected chi connectivity index (χ2v) is 5.46. The molecule has 2 rings (SSSR count). The zero-order valence-electron chi connectivity index (χ0n) is 9.20. The van der Waals surface area contributed by atoms with Crippen molar-refractivity contribution >= 4 is 38.5 Å². The second-order valence-electron chi connectivity index (χ2n) is 3.66. The standard InChI is InChI=1S/C14H12BrIO/c15-9-12-3-1-2-4-14(12)17-10-11-5-7-13(16)8-6-11/h1-8H,9-10H2. The van der Waals surface area contributed by atoms with Crippen molar-refractivity contribution in [3.63, 3.8) is 0 Å². The first kappa shape index (κ1) is 12.9. The van der Waals surface area contributed by atoms with E-state index in [0.29, 0.717) is 6.61 Å². The normalized spacial score (nSPS) is 10.2. The van der Waals surface area contributed by atoms with E-state index in [1.807, 2.05) is 18.2 Å². The molecule has 0 N–H and O–H groups in total. The molecule has 0 fully saturated rings. The van der Waals surface area contributed by atoms with Crippen LogP contribution in [-0.4, -0.2) is 0 Å². The smallest absolute Gasteiger partial charge is 0.123 e. The van der Waals surface area contributed by atoms with E-state index in [1.54, 1.807) is 0 Å². The Bertz CT molecular complexity index is 482. The molecule has 0 aliphatic heterocycles. The largest absolute Gasteiger partial charge is 0.489 e. The zero-order chi connectivity index (χ0) is 12.1. The second kappa shape index (κ2) is 6.40. The van der Waals surface area contributed by atoms with Gasteiger partial charge in [-0.25, -0.2) is 0 Å². The van der Waals surface area contributed by atoms with Gasteiger partial charge in [-0.15, -0.1) is 0 Å². The fourth-order valence-electron chi connectivity index (χ4n) is 1.50. The molecule has 0 heterocycles. The lowest BCUT2D eigenvalue weighted by molar-refractivity contribution is 0.304. The van der Waals surface area contributed by atoms with E-state index < -0.39 is 0 Å². The van der Waals surface area contributed by atoms with Crippen LogP contribution in [0.15, 0.2) is 48.5 Å². The maximum Gasteiger partial charge on any atom is 0.123 e. The molecule has 0 atom stereocenters. The van der Waals surface area contributed by atoms with Gasteiger partial charge in [-0.2, -0.15) is 0 Å². The van der Waals surface area contributed by atoms with E-state index in [4.69, 9.17) is 4.74 Å². The van der Waals surface area contributed by atoms with E-state index in [9.17, 15) is 0 Å². The lowest BCUT2D eigenvalue weighted by Crippen LogP contribution is -1.97. The van der Waals surface area contributed by atoms with Gasteiger partial charge in [0, 0.05) is 14.5 Å². The highest BCUT2D eigenvalue weighted by Gasteiger charge is 2.01. The Morgan fingerprint density at radius 3 is 2.41 bits per heavy atom. The highest BCUT2D eigenvalue weighted by atomic mass is 127. The van der Waals surface area contributed by atoms with Crippen molar-refractivity contribution in [3.05, 3.63) is 63.2 Å². The van der Waals surface area contributed by atoms with Gasteiger partial charge in [0.2, 0.25) is 0 Å². The summed E-state index contributed by atoms with van der Waals surface area (Å²) < 4.78 is 7.06. The molecule has 0 saturated carbocycles. The number of hydrogen-bond donors (Lipinski definition) is 0. The summed E-state index contributed by atoms with van der Waals surface area (Å²) in [6, 6.07) is 16.5. The number of para-hydroxylation sites is 1. The minimum atomic E-state index is 0.612. The first-order chi connectivity index (χ1) is 8.29. The average Bonchev–Trinajstić information content (AvgIpc) is 2.38. The molecule has 0 aliphatic rings. The number of halogens is 2. The summed E-state index contributed by atoms with van der Waals surface area (Å²) in [5, 5.41) is 0.815. The highest BCUT2D eigenvalue weighted by Crippen LogP contribution is 2.21. The number of rotatable bonds is 4. The lowest BCUT2D eigenvalue weighted by Gasteiger charge is -2.09. The molecule has 0 aliphatic carbocycles. The Hall–Kier alpha value is -0.550. The molecule has 0 radical (unpaired) electrons. The molecule has 2 aromatic carbocycles. The first-order valence-electron chi connectivity index (χ1n) is 5.30. The van der Waals surface area contributed by atoms with E-state index in [1.165, 1.54) is 14.7 Å². The number of benzene rings is 2. The van der Waals surface area contributed by atoms with Crippen molar-refractivity contribution in [2.45, 2.75) is 11.9 Å². The Labute approximate surface area is 123 Å². The molecule has 0 saturated heterocycles. The SMILES string of the molecule is BrCc1ccccc1OCc1ccc(I)cc1. The summed E-state index contributed by atoms with van der Waals surface area (Å²) in [5.74, 6) is 0.947. The summed E-state index contributed by atoms with van der Waals surface area (Å²) >= 11 is 5.76. The topological polar surface area (TPSA) is 9.23 Å². The molecule has 17 heavy (non-hydrogen) atoms. The van der Waals surface area contributed by atoms with Crippen LogP contribution in [0.2, 0.25) is 0 Å². The van der Waals surface area contributed by atoms with E-state index in [0.717, 1.165) is 11.1 Å². The van der Waals surface area contributed by atoms with Gasteiger partial charge in [-0.1, -0.05) is 46.3 Å². The summed E-state index contributed by atoms with van der Waals surface area (Å²) in [4.78, 5) is 0. The van der Waals surface area contributed by atoms with Gasteiger partial charge in [0.05, 0.1) is 0 Å². The molecule has 0 aromatic heterocycles. The Morgan fingerprint density at radius 1 is 1.00 bits per heavy atom. The monoisotopic (exact) mass is 402 g/mol. The first-order valence-corrected chi connectivity index (χ1v) is 7.51. The Balaban J connectivity index is 2.04. The maximum absolute atomic E-state index is 5.82. The van der Waals surface area contributed by atoms with Crippen molar-refractivity contribution in [1.29, 1.82) is 0 Å². The summed E-state index contributed by atoms with van der Waals surface area (Å²) in [7, 11) is 0. The molecule has 0 spiro atoms. The Morgan fingerprint density at radius 2 is 1.71 bits per heavy atom. The summed E-state index contributed by atoms with van der Waals surface area (Å²) in [6.07, 6.45) is 0. The molecule has 0 bridgehead atoms. The molecule has 3 heteroatoms. The predicted octanol–water partition coefficient (Wildman–Crippen LogP) is 4.77. The van der Waals surface area contributed by atoms with Crippen LogP contribution in [0.5, 0.6) is 5.75 Å².